The Labute approximate surface area is 220 Å². The number of aromatic hydroxyl groups is 1. The van der Waals surface area contributed by atoms with Crippen molar-refractivity contribution in [3.8, 4) is 17.2 Å². The van der Waals surface area contributed by atoms with Gasteiger partial charge in [0, 0.05) is 12.8 Å². The molecule has 1 fully saturated rings. The minimum absolute atomic E-state index is 0.0586. The molecule has 1 aliphatic heterocycles. The van der Waals surface area contributed by atoms with Crippen LogP contribution in [-0.2, 0) is 25.6 Å². The fourth-order valence-corrected chi connectivity index (χ4v) is 6.32. The van der Waals surface area contributed by atoms with Crippen LogP contribution in [0.4, 0.5) is 0 Å². The first-order valence-electron chi connectivity index (χ1n) is 8.06. The van der Waals surface area contributed by atoms with E-state index in [9.17, 15) is 19.5 Å². The third-order valence-corrected chi connectivity index (χ3v) is 7.06. The highest BCUT2D eigenvalue weighted by Gasteiger charge is 2.32. The Kier molecular flexibility index (Phi) is 7.85. The lowest BCUT2D eigenvalue weighted by Gasteiger charge is -2.15. The van der Waals surface area contributed by atoms with Crippen LogP contribution in [0.3, 0.4) is 0 Å². The van der Waals surface area contributed by atoms with Gasteiger partial charge in [-0.05, 0) is 120 Å². The van der Waals surface area contributed by atoms with Gasteiger partial charge in [0.1, 0.15) is 11.5 Å². The van der Waals surface area contributed by atoms with Gasteiger partial charge in [-0.2, -0.15) is 0 Å². The quantitative estimate of drug-likeness (QED) is 0.346. The van der Waals surface area contributed by atoms with Crippen molar-refractivity contribution in [3.63, 3.8) is 0 Å². The topological polar surface area (TPSA) is 93.1 Å². The molecule has 3 rings (SSSR count). The molecule has 1 N–H and O–H groups in total. The number of benzene rings is 2. The van der Waals surface area contributed by atoms with Crippen LogP contribution >= 0.6 is 90.4 Å². The number of rotatable bonds is 5. The molecule has 0 atom stereocenters. The van der Waals surface area contributed by atoms with Gasteiger partial charge in [-0.3, -0.25) is 9.59 Å². The number of hydrogen-bond donors (Lipinski definition) is 1. The molecule has 0 bridgehead atoms. The van der Waals surface area contributed by atoms with E-state index in [1.54, 1.807) is 24.3 Å². The first-order valence-corrected chi connectivity index (χ1v) is 12.4. The van der Waals surface area contributed by atoms with Crippen LogP contribution in [-0.4, -0.2) is 28.0 Å². The highest BCUT2D eigenvalue weighted by Crippen LogP contribution is 2.36. The lowest BCUT2D eigenvalue weighted by atomic mass is 10.1. The molecular weight excluding hydrogens is 834 g/mol. The van der Waals surface area contributed by atoms with Crippen LogP contribution in [0.5, 0.6) is 17.2 Å². The SMILES string of the molecule is O=C(Cc1cc(I)c(Oc2cc(I)c(O)c(I)c2)c(I)c1)ON1C(=O)CCC1=O. The average Bonchev–Trinajstić information content (AvgIpc) is 2.94. The van der Waals surface area contributed by atoms with E-state index in [1.165, 1.54) is 0 Å². The van der Waals surface area contributed by atoms with Crippen molar-refractivity contribution >= 4 is 108 Å². The fraction of sp³-hybridized carbons (Fsp3) is 0.167. The summed E-state index contributed by atoms with van der Waals surface area (Å²) >= 11 is 8.29. The summed E-state index contributed by atoms with van der Waals surface area (Å²) in [5, 5.41) is 10.4. The predicted molar refractivity (Wildman–Crippen MR) is 136 cm³/mol. The Morgan fingerprint density at radius 3 is 1.97 bits per heavy atom. The number of imide groups is 1. The molecule has 7 nitrogen and oxygen atoms in total. The van der Waals surface area contributed by atoms with Crippen LogP contribution in [0.1, 0.15) is 18.4 Å². The van der Waals surface area contributed by atoms with Crippen LogP contribution in [0.25, 0.3) is 0 Å². The molecular formula is C18H11I4NO6. The van der Waals surface area contributed by atoms with Gasteiger partial charge in [0.15, 0.2) is 5.75 Å². The van der Waals surface area contributed by atoms with Crippen molar-refractivity contribution in [3.05, 3.63) is 44.1 Å². The summed E-state index contributed by atoms with van der Waals surface area (Å²) in [6.07, 6.45) is 0.0323. The Hall–Kier alpha value is -0.430. The van der Waals surface area contributed by atoms with Crippen molar-refractivity contribution in [1.29, 1.82) is 0 Å². The lowest BCUT2D eigenvalue weighted by Crippen LogP contribution is -2.32. The zero-order chi connectivity index (χ0) is 21.3. The molecule has 152 valence electrons. The normalized spacial score (nSPS) is 13.7. The fourth-order valence-electron chi connectivity index (χ4n) is 2.49. The summed E-state index contributed by atoms with van der Waals surface area (Å²) in [7, 11) is 0. The molecule has 0 saturated carbocycles. The molecule has 0 radical (unpaired) electrons. The van der Waals surface area contributed by atoms with Crippen molar-refractivity contribution in [1.82, 2.24) is 5.06 Å². The van der Waals surface area contributed by atoms with Crippen LogP contribution in [0, 0.1) is 14.3 Å². The average molecular weight is 845 g/mol. The highest BCUT2D eigenvalue weighted by molar-refractivity contribution is 14.1. The van der Waals surface area contributed by atoms with Crippen LogP contribution in [0.15, 0.2) is 24.3 Å². The van der Waals surface area contributed by atoms with E-state index in [0.717, 1.165) is 7.14 Å². The predicted octanol–water partition coefficient (Wildman–Crippen LogP) is 4.75. The Morgan fingerprint density at radius 1 is 0.931 bits per heavy atom. The maximum absolute atomic E-state index is 12.1. The molecule has 0 aromatic heterocycles. The van der Waals surface area contributed by atoms with E-state index in [-0.39, 0.29) is 25.0 Å². The second-order valence-corrected chi connectivity index (χ2v) is 10.6. The monoisotopic (exact) mass is 845 g/mol. The Balaban J connectivity index is 1.74. The highest BCUT2D eigenvalue weighted by atomic mass is 127. The van der Waals surface area contributed by atoms with Crippen molar-refractivity contribution in [2.45, 2.75) is 19.3 Å². The summed E-state index contributed by atoms with van der Waals surface area (Å²) in [6, 6.07) is 7.03. The number of hydrogen-bond acceptors (Lipinski definition) is 6. The summed E-state index contributed by atoms with van der Waals surface area (Å²) in [6.45, 7) is 0. The van der Waals surface area contributed by atoms with Gasteiger partial charge in [0.05, 0.1) is 20.7 Å². The van der Waals surface area contributed by atoms with Gasteiger partial charge in [0.2, 0.25) is 0 Å². The smallest absolute Gasteiger partial charge is 0.337 e. The minimum Gasteiger partial charge on any atom is -0.506 e. The molecule has 1 heterocycles. The first-order chi connectivity index (χ1) is 13.7. The van der Waals surface area contributed by atoms with Gasteiger partial charge in [-0.1, -0.05) is 0 Å². The van der Waals surface area contributed by atoms with Gasteiger partial charge in [-0.15, -0.1) is 5.06 Å². The number of halogens is 4. The first kappa shape index (κ1) is 23.2. The molecule has 29 heavy (non-hydrogen) atoms. The summed E-state index contributed by atoms with van der Waals surface area (Å²) in [4.78, 5) is 40.2. The molecule has 11 heteroatoms. The van der Waals surface area contributed by atoms with E-state index in [1.807, 2.05) is 45.2 Å². The third kappa shape index (κ3) is 5.63. The molecule has 1 aliphatic rings. The minimum atomic E-state index is -0.684. The number of nitrogens with zero attached hydrogens (tertiary/aromatic N) is 1. The van der Waals surface area contributed by atoms with Gasteiger partial charge in [0.25, 0.3) is 11.8 Å². The van der Waals surface area contributed by atoms with Crippen molar-refractivity contribution in [2.24, 2.45) is 0 Å². The maximum Gasteiger partial charge on any atom is 0.337 e. The number of phenols is 1. The number of ether oxygens (including phenoxy) is 1. The van der Waals surface area contributed by atoms with E-state index in [0.29, 0.717) is 29.3 Å². The lowest BCUT2D eigenvalue weighted by molar-refractivity contribution is -0.197. The van der Waals surface area contributed by atoms with E-state index >= 15 is 0 Å². The number of carbonyl (C=O) groups is 3. The van der Waals surface area contributed by atoms with E-state index in [4.69, 9.17) is 9.57 Å². The Bertz CT molecular complexity index is 963. The van der Waals surface area contributed by atoms with Crippen molar-refractivity contribution < 1.29 is 29.1 Å². The molecule has 2 aromatic rings. The third-order valence-electron chi connectivity index (χ3n) is 3.82. The molecule has 0 spiro atoms. The second-order valence-electron chi connectivity index (χ2n) is 5.95. The summed E-state index contributed by atoms with van der Waals surface area (Å²) in [5.74, 6) is -0.261. The van der Waals surface area contributed by atoms with Crippen LogP contribution in [0.2, 0.25) is 0 Å². The number of phenolic OH excluding ortho intramolecular Hbond substituents is 1. The number of amides is 2. The molecule has 2 amide bonds. The van der Waals surface area contributed by atoms with E-state index < -0.39 is 17.8 Å². The summed E-state index contributed by atoms with van der Waals surface area (Å²) in [5.41, 5.74) is 0.671. The second kappa shape index (κ2) is 9.80. The zero-order valence-electron chi connectivity index (χ0n) is 14.4. The molecule has 1 saturated heterocycles. The molecule has 0 unspecified atom stereocenters. The number of carbonyl (C=O) groups excluding carboxylic acids is 3. The molecule has 0 aliphatic carbocycles. The van der Waals surface area contributed by atoms with Gasteiger partial charge in [-0.25, -0.2) is 4.79 Å². The van der Waals surface area contributed by atoms with Crippen LogP contribution < -0.4 is 4.74 Å². The summed E-state index contributed by atoms with van der Waals surface area (Å²) < 4.78 is 8.93. The standard InChI is InChI=1S/C18H11I4NO6/c19-10-6-9(7-11(20)17(10)27)28-18-12(21)3-8(4-13(18)22)5-16(26)29-23-14(24)1-2-15(23)25/h3-4,6-7,27H,1-2,5H2. The van der Waals surface area contributed by atoms with Crippen molar-refractivity contribution in [2.75, 3.05) is 0 Å². The number of hydroxylamine groups is 2. The molecule has 2 aromatic carbocycles. The van der Waals surface area contributed by atoms with Gasteiger partial charge < -0.3 is 14.7 Å². The zero-order valence-corrected chi connectivity index (χ0v) is 23.0. The van der Waals surface area contributed by atoms with Gasteiger partial charge >= 0.3 is 5.97 Å². The largest absolute Gasteiger partial charge is 0.506 e. The maximum atomic E-state index is 12.1. The van der Waals surface area contributed by atoms with E-state index in [2.05, 4.69) is 45.2 Å². The Morgan fingerprint density at radius 2 is 1.45 bits per heavy atom.